The van der Waals surface area contributed by atoms with E-state index in [1.54, 1.807) is 0 Å². The number of aryl methyl sites for hydroxylation is 1. The fourth-order valence-electron chi connectivity index (χ4n) is 3.07. The van der Waals surface area contributed by atoms with Crippen molar-refractivity contribution in [2.45, 2.75) is 63.4 Å². The minimum absolute atomic E-state index is 0.115. The van der Waals surface area contributed by atoms with E-state index < -0.39 is 5.60 Å². The number of hydrogen-bond acceptors (Lipinski definition) is 2. The van der Waals surface area contributed by atoms with E-state index >= 15 is 0 Å². The van der Waals surface area contributed by atoms with E-state index in [0.717, 1.165) is 44.9 Å². The number of carbonyl (C=O) groups excluding carboxylic acids is 1. The monoisotopic (exact) mass is 289 g/mol. The van der Waals surface area contributed by atoms with Crippen molar-refractivity contribution in [2.24, 2.45) is 0 Å². The Morgan fingerprint density at radius 2 is 1.86 bits per heavy atom. The van der Waals surface area contributed by atoms with Crippen LogP contribution in [0.2, 0.25) is 0 Å². The first-order chi connectivity index (χ1) is 10.2. The number of unbranched alkanes of at least 4 members (excludes halogenated alkanes) is 1. The molecule has 1 saturated carbocycles. The van der Waals surface area contributed by atoms with Crippen LogP contribution in [0.4, 0.5) is 0 Å². The summed E-state index contributed by atoms with van der Waals surface area (Å²) in [6.07, 6.45) is 8.29. The van der Waals surface area contributed by atoms with Gasteiger partial charge in [0.2, 0.25) is 5.91 Å². The second-order valence-electron chi connectivity index (χ2n) is 6.22. The number of hydrogen-bond donors (Lipinski definition) is 2. The first-order valence-corrected chi connectivity index (χ1v) is 8.21. The van der Waals surface area contributed by atoms with Gasteiger partial charge in [-0.3, -0.25) is 4.79 Å². The maximum atomic E-state index is 11.7. The summed E-state index contributed by atoms with van der Waals surface area (Å²) in [4.78, 5) is 11.7. The Kier molecular flexibility index (Phi) is 6.24. The fraction of sp³-hybridized carbons (Fsp3) is 0.611. The third kappa shape index (κ3) is 5.88. The molecule has 1 aromatic carbocycles. The SMILES string of the molecule is O=C(CCCCc1ccccc1)NCCC1(O)CCCC1. The summed E-state index contributed by atoms with van der Waals surface area (Å²) in [6, 6.07) is 10.4. The van der Waals surface area contributed by atoms with Crippen molar-refractivity contribution in [3.63, 3.8) is 0 Å². The maximum Gasteiger partial charge on any atom is 0.219 e. The molecule has 1 aromatic rings. The van der Waals surface area contributed by atoms with E-state index in [1.807, 2.05) is 6.07 Å². The van der Waals surface area contributed by atoms with Crippen molar-refractivity contribution in [1.29, 1.82) is 0 Å². The minimum atomic E-state index is -0.513. The Labute approximate surface area is 127 Å². The summed E-state index contributed by atoms with van der Waals surface area (Å²) in [5.41, 5.74) is 0.821. The lowest BCUT2D eigenvalue weighted by molar-refractivity contribution is -0.121. The van der Waals surface area contributed by atoms with E-state index in [1.165, 1.54) is 5.56 Å². The van der Waals surface area contributed by atoms with Crippen LogP contribution in [-0.2, 0) is 11.2 Å². The molecule has 1 aliphatic rings. The molecule has 3 heteroatoms. The molecule has 3 nitrogen and oxygen atoms in total. The zero-order valence-corrected chi connectivity index (χ0v) is 12.8. The molecule has 0 bridgehead atoms. The summed E-state index contributed by atoms with van der Waals surface area (Å²) >= 11 is 0. The van der Waals surface area contributed by atoms with Crippen molar-refractivity contribution >= 4 is 5.91 Å². The summed E-state index contributed by atoms with van der Waals surface area (Å²) < 4.78 is 0. The van der Waals surface area contributed by atoms with Gasteiger partial charge in [0.1, 0.15) is 0 Å². The van der Waals surface area contributed by atoms with Gasteiger partial charge in [-0.25, -0.2) is 0 Å². The third-order valence-electron chi connectivity index (χ3n) is 4.41. The average Bonchev–Trinajstić information content (AvgIpc) is 2.92. The number of benzene rings is 1. The van der Waals surface area contributed by atoms with Gasteiger partial charge in [-0.2, -0.15) is 0 Å². The van der Waals surface area contributed by atoms with Crippen LogP contribution in [0.1, 0.15) is 56.9 Å². The van der Waals surface area contributed by atoms with E-state index in [2.05, 4.69) is 29.6 Å². The molecule has 0 radical (unpaired) electrons. The molecular weight excluding hydrogens is 262 g/mol. The molecular formula is C18H27NO2. The maximum absolute atomic E-state index is 11.7. The van der Waals surface area contributed by atoms with Gasteiger partial charge in [-0.1, -0.05) is 43.2 Å². The Morgan fingerprint density at radius 3 is 2.57 bits per heavy atom. The molecule has 0 aromatic heterocycles. The number of amides is 1. The number of rotatable bonds is 8. The lowest BCUT2D eigenvalue weighted by atomic mass is 9.98. The van der Waals surface area contributed by atoms with Gasteiger partial charge in [0.15, 0.2) is 0 Å². The van der Waals surface area contributed by atoms with Gasteiger partial charge in [0.05, 0.1) is 5.60 Å². The van der Waals surface area contributed by atoms with Crippen LogP contribution in [0.25, 0.3) is 0 Å². The van der Waals surface area contributed by atoms with Crippen LogP contribution in [0, 0.1) is 0 Å². The predicted octanol–water partition coefficient (Wildman–Crippen LogP) is 3.21. The van der Waals surface area contributed by atoms with Gasteiger partial charge in [0, 0.05) is 13.0 Å². The van der Waals surface area contributed by atoms with E-state index in [9.17, 15) is 9.90 Å². The van der Waals surface area contributed by atoms with Crippen LogP contribution < -0.4 is 5.32 Å². The van der Waals surface area contributed by atoms with Crippen molar-refractivity contribution < 1.29 is 9.90 Å². The highest BCUT2D eigenvalue weighted by Gasteiger charge is 2.30. The van der Waals surface area contributed by atoms with Crippen LogP contribution in [0.5, 0.6) is 0 Å². The van der Waals surface area contributed by atoms with Crippen LogP contribution in [0.3, 0.4) is 0 Å². The molecule has 2 N–H and O–H groups in total. The lowest BCUT2D eigenvalue weighted by Gasteiger charge is -2.21. The smallest absolute Gasteiger partial charge is 0.219 e. The van der Waals surface area contributed by atoms with Gasteiger partial charge in [0.25, 0.3) is 0 Å². The second kappa shape index (κ2) is 8.18. The van der Waals surface area contributed by atoms with Crippen molar-refractivity contribution in [3.8, 4) is 0 Å². The largest absolute Gasteiger partial charge is 0.390 e. The molecule has 116 valence electrons. The standard InChI is InChI=1S/C18H27NO2/c20-17(19-15-14-18(21)12-6-7-13-18)11-5-4-10-16-8-2-1-3-9-16/h1-3,8-9,21H,4-7,10-15H2,(H,19,20). The van der Waals surface area contributed by atoms with Gasteiger partial charge >= 0.3 is 0 Å². The number of aliphatic hydroxyl groups is 1. The fourth-order valence-corrected chi connectivity index (χ4v) is 3.07. The molecule has 0 heterocycles. The highest BCUT2D eigenvalue weighted by Crippen LogP contribution is 2.31. The molecule has 0 spiro atoms. The Hall–Kier alpha value is -1.35. The Morgan fingerprint density at radius 1 is 1.14 bits per heavy atom. The van der Waals surface area contributed by atoms with Gasteiger partial charge in [-0.15, -0.1) is 0 Å². The van der Waals surface area contributed by atoms with Gasteiger partial charge < -0.3 is 10.4 Å². The zero-order valence-electron chi connectivity index (χ0n) is 12.8. The average molecular weight is 289 g/mol. The summed E-state index contributed by atoms with van der Waals surface area (Å²) in [6.45, 7) is 0.605. The van der Waals surface area contributed by atoms with Crippen LogP contribution in [0.15, 0.2) is 30.3 Å². The molecule has 0 atom stereocenters. The first-order valence-electron chi connectivity index (χ1n) is 8.21. The van der Waals surface area contributed by atoms with Crippen molar-refractivity contribution in [1.82, 2.24) is 5.32 Å². The molecule has 21 heavy (non-hydrogen) atoms. The van der Waals surface area contributed by atoms with Crippen LogP contribution in [-0.4, -0.2) is 23.2 Å². The molecule has 1 fully saturated rings. The molecule has 0 saturated heterocycles. The predicted molar refractivity (Wildman–Crippen MR) is 85.0 cm³/mol. The van der Waals surface area contributed by atoms with Gasteiger partial charge in [-0.05, 0) is 44.1 Å². The van der Waals surface area contributed by atoms with E-state index in [-0.39, 0.29) is 5.91 Å². The third-order valence-corrected chi connectivity index (χ3v) is 4.41. The molecule has 2 rings (SSSR count). The van der Waals surface area contributed by atoms with Crippen molar-refractivity contribution in [2.75, 3.05) is 6.54 Å². The summed E-state index contributed by atoms with van der Waals surface area (Å²) in [5, 5.41) is 13.1. The van der Waals surface area contributed by atoms with Crippen LogP contribution >= 0.6 is 0 Å². The second-order valence-corrected chi connectivity index (χ2v) is 6.22. The molecule has 0 aliphatic heterocycles. The van der Waals surface area contributed by atoms with E-state index in [0.29, 0.717) is 19.4 Å². The quantitative estimate of drug-likeness (QED) is 0.722. The summed E-state index contributed by atoms with van der Waals surface area (Å²) in [7, 11) is 0. The highest BCUT2D eigenvalue weighted by atomic mass is 16.3. The lowest BCUT2D eigenvalue weighted by Crippen LogP contribution is -2.32. The minimum Gasteiger partial charge on any atom is -0.390 e. The molecule has 1 aliphatic carbocycles. The number of nitrogens with one attached hydrogen (secondary N) is 1. The first kappa shape index (κ1) is 16.0. The van der Waals surface area contributed by atoms with Crippen molar-refractivity contribution in [3.05, 3.63) is 35.9 Å². The summed E-state index contributed by atoms with van der Waals surface area (Å²) in [5.74, 6) is 0.115. The Bertz CT molecular complexity index is 424. The molecule has 0 unspecified atom stereocenters. The zero-order chi connectivity index (χ0) is 15.0. The van der Waals surface area contributed by atoms with E-state index in [4.69, 9.17) is 0 Å². The topological polar surface area (TPSA) is 49.3 Å². The highest BCUT2D eigenvalue weighted by molar-refractivity contribution is 5.75. The normalized spacial score (nSPS) is 16.8. The Balaban J connectivity index is 1.51. The molecule has 1 amide bonds. The number of carbonyl (C=O) groups is 1.